The van der Waals surface area contributed by atoms with E-state index in [0.29, 0.717) is 41.9 Å². The van der Waals surface area contributed by atoms with Crippen LogP contribution in [0, 0.1) is 46.3 Å². The van der Waals surface area contributed by atoms with E-state index in [4.69, 9.17) is 0 Å². The predicted octanol–water partition coefficient (Wildman–Crippen LogP) is -0.737. The quantitative estimate of drug-likeness (QED) is 0.442. The van der Waals surface area contributed by atoms with Crippen LogP contribution in [0.2, 0.25) is 0 Å². The molecule has 0 radical (unpaired) electrons. The Bertz CT molecular complexity index is 733. The first-order valence-electron chi connectivity index (χ1n) is 12.9. The summed E-state index contributed by atoms with van der Waals surface area (Å²) < 4.78 is 0. The summed E-state index contributed by atoms with van der Waals surface area (Å²) >= 11 is 0. The fraction of sp³-hybridized carbons (Fsp3) is 0.923. The van der Waals surface area contributed by atoms with Gasteiger partial charge in [-0.3, -0.25) is 4.79 Å². The van der Waals surface area contributed by atoms with E-state index in [9.17, 15) is 24.9 Å². The molecule has 7 heteroatoms. The number of aliphatic hydroxyl groups is 2. The SMILES string of the molecule is C[C@H](CCC(=O)NCC(=O)[O-])[C@H]1CC[C@H]2[C@H]3C(CC[C@]12C)[C@@]1(C)CC[C@@H](O)C[C@H]1C[C@H]3O.[Na+]. The third-order valence-electron chi connectivity index (χ3n) is 10.7. The molecule has 4 fully saturated rings. The summed E-state index contributed by atoms with van der Waals surface area (Å²) in [6.07, 6.45) is 8.95. The Hall–Kier alpha value is -0.140. The van der Waals surface area contributed by atoms with Gasteiger partial charge in [-0.1, -0.05) is 20.8 Å². The van der Waals surface area contributed by atoms with Crippen LogP contribution in [0.3, 0.4) is 0 Å². The van der Waals surface area contributed by atoms with E-state index < -0.39 is 12.5 Å². The molecule has 0 bridgehead atoms. The van der Waals surface area contributed by atoms with Crippen molar-refractivity contribution < 1.29 is 54.5 Å². The van der Waals surface area contributed by atoms with Gasteiger partial charge in [0.05, 0.1) is 24.7 Å². The van der Waals surface area contributed by atoms with Gasteiger partial charge >= 0.3 is 29.6 Å². The Morgan fingerprint density at radius 2 is 1.70 bits per heavy atom. The van der Waals surface area contributed by atoms with Crippen molar-refractivity contribution in [3.05, 3.63) is 0 Å². The number of hydrogen-bond acceptors (Lipinski definition) is 5. The van der Waals surface area contributed by atoms with Gasteiger partial charge in [0.2, 0.25) is 5.91 Å². The second kappa shape index (κ2) is 10.5. The molecule has 1 unspecified atom stereocenters. The third-order valence-corrected chi connectivity index (χ3v) is 10.7. The minimum atomic E-state index is -1.26. The number of fused-ring (bicyclic) bond motifs is 5. The number of aliphatic carboxylic acids is 1. The summed E-state index contributed by atoms with van der Waals surface area (Å²) in [7, 11) is 0. The van der Waals surface area contributed by atoms with Crippen LogP contribution in [0.15, 0.2) is 0 Å². The molecule has 4 aliphatic carbocycles. The monoisotopic (exact) mass is 471 g/mol. The van der Waals surface area contributed by atoms with Crippen molar-refractivity contribution in [3.63, 3.8) is 0 Å². The average Bonchev–Trinajstić information content (AvgIpc) is 3.09. The Kier molecular flexibility index (Phi) is 8.70. The maximum Gasteiger partial charge on any atom is 1.00 e. The number of aliphatic hydroxyl groups excluding tert-OH is 2. The molecule has 0 aliphatic heterocycles. The number of nitrogens with one attached hydrogen (secondary N) is 1. The molecule has 3 N–H and O–H groups in total. The van der Waals surface area contributed by atoms with Gasteiger partial charge in [0.15, 0.2) is 0 Å². The zero-order valence-electron chi connectivity index (χ0n) is 21.0. The van der Waals surface area contributed by atoms with E-state index >= 15 is 0 Å². The van der Waals surface area contributed by atoms with E-state index in [2.05, 4.69) is 26.1 Å². The van der Waals surface area contributed by atoms with Crippen LogP contribution in [0.25, 0.3) is 0 Å². The molecule has 0 heterocycles. The van der Waals surface area contributed by atoms with Crippen molar-refractivity contribution in [1.29, 1.82) is 0 Å². The second-order valence-electron chi connectivity index (χ2n) is 12.1. The average molecular weight is 472 g/mol. The number of carbonyl (C=O) groups is 2. The molecule has 4 rings (SSSR count). The van der Waals surface area contributed by atoms with Crippen molar-refractivity contribution in [2.24, 2.45) is 46.3 Å². The molecule has 182 valence electrons. The maximum atomic E-state index is 12.0. The largest absolute Gasteiger partial charge is 1.00 e. The summed E-state index contributed by atoms with van der Waals surface area (Å²) in [6.45, 7) is 6.70. The number of carboxylic acids is 1. The first kappa shape index (κ1) is 27.4. The van der Waals surface area contributed by atoms with Crippen molar-refractivity contribution in [1.82, 2.24) is 5.32 Å². The number of carbonyl (C=O) groups excluding carboxylic acids is 2. The number of rotatable bonds is 6. The van der Waals surface area contributed by atoms with Gasteiger partial charge in [-0.25, -0.2) is 0 Å². The number of amides is 1. The van der Waals surface area contributed by atoms with Gasteiger partial charge in [-0.2, -0.15) is 0 Å². The normalized spacial score (nSPS) is 45.1. The number of hydrogen-bond donors (Lipinski definition) is 3. The van der Waals surface area contributed by atoms with E-state index in [1.54, 1.807) is 0 Å². The molecular weight excluding hydrogens is 429 g/mol. The Morgan fingerprint density at radius 1 is 1.03 bits per heavy atom. The molecule has 0 aromatic rings. The third kappa shape index (κ3) is 5.07. The van der Waals surface area contributed by atoms with Gasteiger partial charge in [0.1, 0.15) is 0 Å². The molecule has 1 amide bonds. The van der Waals surface area contributed by atoms with E-state index in [0.717, 1.165) is 51.4 Å². The summed E-state index contributed by atoms with van der Waals surface area (Å²) in [4.78, 5) is 22.6. The summed E-state index contributed by atoms with van der Waals surface area (Å²) in [5.74, 6) is 1.31. The first-order chi connectivity index (χ1) is 15.1. The van der Waals surface area contributed by atoms with Crippen LogP contribution in [0.1, 0.15) is 85.0 Å². The van der Waals surface area contributed by atoms with Gasteiger partial charge in [0, 0.05) is 6.42 Å². The molecule has 0 aromatic carbocycles. The second-order valence-corrected chi connectivity index (χ2v) is 12.1. The van der Waals surface area contributed by atoms with Gasteiger partial charge in [-0.15, -0.1) is 0 Å². The smallest absolute Gasteiger partial charge is 0.548 e. The zero-order chi connectivity index (χ0) is 23.3. The summed E-state index contributed by atoms with van der Waals surface area (Å²) in [6, 6.07) is 0. The van der Waals surface area contributed by atoms with Crippen molar-refractivity contribution >= 4 is 11.9 Å². The van der Waals surface area contributed by atoms with Crippen molar-refractivity contribution in [3.8, 4) is 0 Å². The molecule has 10 atom stereocenters. The zero-order valence-corrected chi connectivity index (χ0v) is 23.0. The molecule has 0 aromatic heterocycles. The Balaban J connectivity index is 0.00000306. The standard InChI is InChI=1S/C26H43NO5.Na/c1-15(4-7-22(30)27-14-23(31)32)18-5-6-19-24-20(9-11-26(18,19)3)25(2)10-8-17(28)12-16(25)13-21(24)29;/h15-21,24,28-29H,4-14H2,1-3H3,(H,27,30)(H,31,32);/q;+1/p-1/t15-,16+,17-,18-,19+,20?,21-,24+,25+,26-;/m1./s1. The van der Waals surface area contributed by atoms with Crippen LogP contribution >= 0.6 is 0 Å². The fourth-order valence-corrected chi connectivity index (χ4v) is 8.99. The summed E-state index contributed by atoms with van der Waals surface area (Å²) in [5.41, 5.74) is 0.436. The van der Waals surface area contributed by atoms with Crippen molar-refractivity contribution in [2.75, 3.05) is 6.54 Å². The van der Waals surface area contributed by atoms with Crippen LogP contribution in [-0.4, -0.2) is 40.8 Å². The molecule has 0 saturated heterocycles. The molecule has 33 heavy (non-hydrogen) atoms. The van der Waals surface area contributed by atoms with Crippen LogP contribution in [-0.2, 0) is 9.59 Å². The van der Waals surface area contributed by atoms with E-state index in [-0.39, 0.29) is 58.5 Å². The van der Waals surface area contributed by atoms with Gasteiger partial charge in [0.25, 0.3) is 0 Å². The molecular formula is C26H42NNaO5. The first-order valence-corrected chi connectivity index (χ1v) is 12.9. The van der Waals surface area contributed by atoms with Crippen molar-refractivity contribution in [2.45, 2.75) is 97.2 Å². The summed E-state index contributed by atoms with van der Waals surface area (Å²) in [5, 5.41) is 34.5. The Morgan fingerprint density at radius 3 is 2.39 bits per heavy atom. The molecule has 4 saturated carbocycles. The topological polar surface area (TPSA) is 110 Å². The predicted molar refractivity (Wildman–Crippen MR) is 119 cm³/mol. The van der Waals surface area contributed by atoms with Crippen LogP contribution in [0.5, 0.6) is 0 Å². The molecule has 4 aliphatic rings. The fourth-order valence-electron chi connectivity index (χ4n) is 8.99. The Labute approximate surface area is 221 Å². The number of carboxylic acid groups (broad SMARTS) is 1. The van der Waals surface area contributed by atoms with Gasteiger partial charge in [-0.05, 0) is 104 Å². The minimum Gasteiger partial charge on any atom is -0.548 e. The molecule has 6 nitrogen and oxygen atoms in total. The maximum absolute atomic E-state index is 12.0. The minimum absolute atomic E-state index is 0. The molecule has 0 spiro atoms. The van der Waals surface area contributed by atoms with E-state index in [1.165, 1.54) is 6.42 Å². The van der Waals surface area contributed by atoms with E-state index in [1.807, 2.05) is 0 Å². The van der Waals surface area contributed by atoms with Crippen LogP contribution < -0.4 is 40.0 Å². The van der Waals surface area contributed by atoms with Crippen LogP contribution in [0.4, 0.5) is 0 Å². The van der Waals surface area contributed by atoms with Gasteiger partial charge < -0.3 is 25.4 Å².